The van der Waals surface area contributed by atoms with Crippen LogP contribution in [0.5, 0.6) is 0 Å². The summed E-state index contributed by atoms with van der Waals surface area (Å²) < 4.78 is 0. The summed E-state index contributed by atoms with van der Waals surface area (Å²) in [6.45, 7) is 7.09. The normalized spacial score (nSPS) is 29.6. The number of benzene rings is 1. The summed E-state index contributed by atoms with van der Waals surface area (Å²) in [6.07, 6.45) is 6.78. The summed E-state index contributed by atoms with van der Waals surface area (Å²) in [6, 6.07) is 7.15. The fraction of sp³-hybridized carbons (Fsp3) is 0.727. The lowest BCUT2D eigenvalue weighted by Gasteiger charge is -2.27. The number of aliphatic hydroxyl groups is 1. The molecule has 2 aliphatic carbocycles. The number of fused-ring (bicyclic) bond motifs is 1. The zero-order valence-corrected chi connectivity index (χ0v) is 17.0. The molecule has 2 nitrogen and oxygen atoms in total. The van der Waals surface area contributed by atoms with Crippen molar-refractivity contribution >= 4 is 11.8 Å². The van der Waals surface area contributed by atoms with Crippen molar-refractivity contribution in [2.75, 3.05) is 18.1 Å². The van der Waals surface area contributed by atoms with Crippen molar-refractivity contribution in [2.45, 2.75) is 70.8 Å². The molecule has 3 heteroatoms. The van der Waals surface area contributed by atoms with E-state index in [0.29, 0.717) is 11.3 Å². The summed E-state index contributed by atoms with van der Waals surface area (Å²) >= 11 is 2.13. The molecule has 0 radical (unpaired) electrons. The van der Waals surface area contributed by atoms with Gasteiger partial charge in [0.25, 0.3) is 0 Å². The Morgan fingerprint density at radius 2 is 2.04 bits per heavy atom. The van der Waals surface area contributed by atoms with E-state index >= 15 is 0 Å². The van der Waals surface area contributed by atoms with Gasteiger partial charge in [-0.15, -0.1) is 0 Å². The van der Waals surface area contributed by atoms with Crippen LogP contribution in [0.25, 0.3) is 0 Å². The molecule has 1 fully saturated rings. The molecule has 0 unspecified atom stereocenters. The Morgan fingerprint density at radius 3 is 2.72 bits per heavy atom. The minimum Gasteiger partial charge on any atom is -0.394 e. The molecule has 25 heavy (non-hydrogen) atoms. The fourth-order valence-electron chi connectivity index (χ4n) is 4.36. The highest BCUT2D eigenvalue weighted by atomic mass is 32.2. The number of thioether (sulfide) groups is 1. The quantitative estimate of drug-likeness (QED) is 0.810. The second-order valence-electron chi connectivity index (χ2n) is 9.67. The Hall–Kier alpha value is -0.510. The monoisotopic (exact) mass is 361 g/mol. The molecule has 0 bridgehead atoms. The van der Waals surface area contributed by atoms with Gasteiger partial charge in [0.05, 0.1) is 6.61 Å². The third-order valence-electron chi connectivity index (χ3n) is 5.88. The molecule has 0 aromatic heterocycles. The van der Waals surface area contributed by atoms with E-state index in [1.54, 1.807) is 11.1 Å². The van der Waals surface area contributed by atoms with Crippen LogP contribution in [-0.4, -0.2) is 28.8 Å². The Bertz CT molecular complexity index is 594. The first-order chi connectivity index (χ1) is 11.8. The second kappa shape index (κ2) is 7.62. The minimum atomic E-state index is -0.351. The highest BCUT2D eigenvalue weighted by Crippen LogP contribution is 2.40. The first-order valence-corrected chi connectivity index (χ1v) is 11.0. The number of aliphatic hydroxyl groups excluding tert-OH is 1. The van der Waals surface area contributed by atoms with E-state index < -0.39 is 0 Å². The molecule has 0 spiro atoms. The Kier molecular flexibility index (Phi) is 5.87. The molecule has 1 aromatic rings. The van der Waals surface area contributed by atoms with E-state index in [0.717, 1.165) is 25.2 Å². The highest BCUT2D eigenvalue weighted by Gasteiger charge is 2.36. The first kappa shape index (κ1) is 19.3. The minimum absolute atomic E-state index is 0.113. The molecule has 1 saturated carbocycles. The van der Waals surface area contributed by atoms with Gasteiger partial charge in [0.15, 0.2) is 0 Å². The average molecular weight is 362 g/mol. The average Bonchev–Trinajstić information content (AvgIpc) is 2.96. The molecule has 140 valence electrons. The molecule has 3 rings (SSSR count). The molecule has 0 amide bonds. The van der Waals surface area contributed by atoms with Gasteiger partial charge in [-0.25, -0.2) is 0 Å². The predicted octanol–water partition coefficient (Wildman–Crippen LogP) is 4.53. The van der Waals surface area contributed by atoms with E-state index in [1.165, 1.54) is 36.3 Å². The molecule has 1 aromatic carbocycles. The van der Waals surface area contributed by atoms with Crippen LogP contribution in [-0.2, 0) is 12.8 Å². The summed E-state index contributed by atoms with van der Waals surface area (Å²) in [7, 11) is 0. The lowest BCUT2D eigenvalue weighted by molar-refractivity contribution is 0.198. The standard InChI is InChI=1S/C22H35NOS/c1-21(2,3)15-25-13-16-4-5-18-11-19(7-6-17(18)10-16)20-8-9-22(23,12-20)14-24/h6-7,11,16,20,24H,4-5,8-10,12-15,23H2,1-3H3/t16-,20-,22+/m0/s1. The van der Waals surface area contributed by atoms with Gasteiger partial charge in [-0.2, -0.15) is 11.8 Å². The van der Waals surface area contributed by atoms with Crippen molar-refractivity contribution in [3.63, 3.8) is 0 Å². The van der Waals surface area contributed by atoms with Gasteiger partial charge in [-0.05, 0) is 84.0 Å². The number of hydrogen-bond donors (Lipinski definition) is 2. The third-order valence-corrected chi connectivity index (χ3v) is 7.66. The molecular formula is C22H35NOS. The van der Waals surface area contributed by atoms with Crippen LogP contribution in [0.4, 0.5) is 0 Å². The number of rotatable bonds is 5. The molecule has 0 saturated heterocycles. The summed E-state index contributed by atoms with van der Waals surface area (Å²) in [5.74, 6) is 3.92. The van der Waals surface area contributed by atoms with Gasteiger partial charge in [-0.3, -0.25) is 0 Å². The first-order valence-electron chi connectivity index (χ1n) is 9.87. The zero-order chi connectivity index (χ0) is 18.1. The number of nitrogens with two attached hydrogens (primary N) is 1. The largest absolute Gasteiger partial charge is 0.394 e. The fourth-order valence-corrected chi connectivity index (χ4v) is 5.71. The van der Waals surface area contributed by atoms with Crippen LogP contribution in [0.3, 0.4) is 0 Å². The van der Waals surface area contributed by atoms with Crippen molar-refractivity contribution in [3.8, 4) is 0 Å². The van der Waals surface area contributed by atoms with Crippen LogP contribution in [0, 0.1) is 11.3 Å². The summed E-state index contributed by atoms with van der Waals surface area (Å²) in [5.41, 5.74) is 10.9. The predicted molar refractivity (Wildman–Crippen MR) is 109 cm³/mol. The summed E-state index contributed by atoms with van der Waals surface area (Å²) in [5, 5.41) is 9.51. The maximum Gasteiger partial charge on any atom is 0.0611 e. The van der Waals surface area contributed by atoms with Gasteiger partial charge in [0, 0.05) is 5.54 Å². The zero-order valence-electron chi connectivity index (χ0n) is 16.2. The van der Waals surface area contributed by atoms with Crippen molar-refractivity contribution in [1.29, 1.82) is 0 Å². The van der Waals surface area contributed by atoms with Crippen molar-refractivity contribution in [2.24, 2.45) is 17.1 Å². The Morgan fingerprint density at radius 1 is 1.24 bits per heavy atom. The van der Waals surface area contributed by atoms with Gasteiger partial charge in [0.2, 0.25) is 0 Å². The van der Waals surface area contributed by atoms with Crippen LogP contribution in [0.15, 0.2) is 18.2 Å². The molecule has 3 N–H and O–H groups in total. The maximum atomic E-state index is 9.51. The van der Waals surface area contributed by atoms with Gasteiger partial charge < -0.3 is 10.8 Å². The smallest absolute Gasteiger partial charge is 0.0611 e. The Labute approximate surface area is 158 Å². The lowest BCUT2D eigenvalue weighted by atomic mass is 9.82. The van der Waals surface area contributed by atoms with Crippen LogP contribution >= 0.6 is 11.8 Å². The van der Waals surface area contributed by atoms with E-state index in [9.17, 15) is 5.11 Å². The lowest BCUT2D eigenvalue weighted by Crippen LogP contribution is -2.40. The topological polar surface area (TPSA) is 46.2 Å². The van der Waals surface area contributed by atoms with E-state index in [4.69, 9.17) is 5.73 Å². The second-order valence-corrected chi connectivity index (χ2v) is 10.7. The van der Waals surface area contributed by atoms with Crippen LogP contribution in [0.2, 0.25) is 0 Å². The van der Waals surface area contributed by atoms with E-state index in [2.05, 4.69) is 50.7 Å². The number of hydrogen-bond acceptors (Lipinski definition) is 3. The van der Waals surface area contributed by atoms with Crippen LogP contribution < -0.4 is 5.73 Å². The van der Waals surface area contributed by atoms with E-state index in [1.807, 2.05) is 0 Å². The van der Waals surface area contributed by atoms with Crippen molar-refractivity contribution < 1.29 is 5.11 Å². The Balaban J connectivity index is 1.58. The molecular weight excluding hydrogens is 326 g/mol. The summed E-state index contributed by atoms with van der Waals surface area (Å²) in [4.78, 5) is 0. The molecule has 3 atom stereocenters. The van der Waals surface area contributed by atoms with Gasteiger partial charge >= 0.3 is 0 Å². The SMILES string of the molecule is CC(C)(C)CSC[C@H]1CCc2cc([C@H]3CC[C@](N)(CO)C3)ccc2C1. The third kappa shape index (κ3) is 5.02. The van der Waals surface area contributed by atoms with Crippen molar-refractivity contribution in [3.05, 3.63) is 34.9 Å². The van der Waals surface area contributed by atoms with Gasteiger partial charge in [0.1, 0.15) is 0 Å². The van der Waals surface area contributed by atoms with Gasteiger partial charge in [-0.1, -0.05) is 39.0 Å². The van der Waals surface area contributed by atoms with E-state index in [-0.39, 0.29) is 12.1 Å². The highest BCUT2D eigenvalue weighted by molar-refractivity contribution is 7.99. The molecule has 0 heterocycles. The van der Waals surface area contributed by atoms with Crippen molar-refractivity contribution in [1.82, 2.24) is 0 Å². The number of aryl methyl sites for hydroxylation is 1. The maximum absolute atomic E-state index is 9.51. The molecule has 2 aliphatic rings. The van der Waals surface area contributed by atoms with Crippen LogP contribution in [0.1, 0.15) is 69.1 Å². The molecule has 0 aliphatic heterocycles.